The second kappa shape index (κ2) is 9.20. The van der Waals surface area contributed by atoms with E-state index in [0.717, 1.165) is 5.56 Å². The molecule has 31 heavy (non-hydrogen) atoms. The number of halogens is 1. The minimum absolute atomic E-state index is 0.00854. The number of rotatable bonds is 9. The van der Waals surface area contributed by atoms with Gasteiger partial charge in [0.05, 0.1) is 12.6 Å². The molecule has 4 rings (SSSR count). The number of aromatic nitrogens is 2. The lowest BCUT2D eigenvalue weighted by Gasteiger charge is -2.25. The summed E-state index contributed by atoms with van der Waals surface area (Å²) in [4.78, 5) is 35.8. The molecule has 8 nitrogen and oxygen atoms in total. The lowest BCUT2D eigenvalue weighted by molar-refractivity contribution is 0.0714. The molecule has 2 N–H and O–H groups in total. The maximum atomic E-state index is 13.0. The zero-order valence-corrected chi connectivity index (χ0v) is 18.1. The van der Waals surface area contributed by atoms with Crippen LogP contribution in [-0.4, -0.2) is 51.5 Å². The first-order valence-corrected chi connectivity index (χ1v) is 10.8. The predicted octanol–water partition coefficient (Wildman–Crippen LogP) is 2.75. The Morgan fingerprint density at radius 1 is 1.42 bits per heavy atom. The van der Waals surface area contributed by atoms with Gasteiger partial charge >= 0.3 is 0 Å². The van der Waals surface area contributed by atoms with Gasteiger partial charge in [-0.1, -0.05) is 11.6 Å². The smallest absolute Gasteiger partial charge is 0.270 e. The zero-order valence-electron chi connectivity index (χ0n) is 17.3. The third-order valence-corrected chi connectivity index (χ3v) is 5.91. The van der Waals surface area contributed by atoms with Gasteiger partial charge in [0.2, 0.25) is 5.88 Å². The van der Waals surface area contributed by atoms with Crippen molar-refractivity contribution in [2.45, 2.75) is 38.8 Å². The molecule has 0 radical (unpaired) electrons. The topological polar surface area (TPSA) is 105 Å². The number of nitrogens with zero attached hydrogens (tertiary/aromatic N) is 3. The highest BCUT2D eigenvalue weighted by Gasteiger charge is 2.35. The molecule has 1 fully saturated rings. The van der Waals surface area contributed by atoms with E-state index in [1.54, 1.807) is 23.2 Å². The predicted molar refractivity (Wildman–Crippen MR) is 114 cm³/mol. The van der Waals surface area contributed by atoms with Crippen LogP contribution in [0.4, 0.5) is 0 Å². The molecular weight excluding hydrogens is 420 g/mol. The summed E-state index contributed by atoms with van der Waals surface area (Å²) in [5.74, 6) is 0.487. The molecule has 3 heterocycles. The summed E-state index contributed by atoms with van der Waals surface area (Å²) < 4.78 is 5.68. The van der Waals surface area contributed by atoms with Crippen molar-refractivity contribution in [3.8, 4) is 5.88 Å². The van der Waals surface area contributed by atoms with Gasteiger partial charge in [-0.2, -0.15) is 0 Å². The van der Waals surface area contributed by atoms with Crippen LogP contribution in [0.15, 0.2) is 24.5 Å². The molecule has 0 saturated heterocycles. The number of pyridine rings is 2. The van der Waals surface area contributed by atoms with Crippen molar-refractivity contribution in [1.82, 2.24) is 20.2 Å². The van der Waals surface area contributed by atoms with Crippen molar-refractivity contribution in [2.24, 2.45) is 5.92 Å². The van der Waals surface area contributed by atoms with Crippen molar-refractivity contribution < 1.29 is 19.4 Å². The number of nitrogens with one attached hydrogen (secondary N) is 1. The summed E-state index contributed by atoms with van der Waals surface area (Å²) in [6, 6.07) is 3.11. The largest absolute Gasteiger partial charge is 0.476 e. The second-order valence-corrected chi connectivity index (χ2v) is 8.34. The van der Waals surface area contributed by atoms with Crippen LogP contribution in [0.25, 0.3) is 0 Å². The molecule has 164 valence electrons. The van der Waals surface area contributed by atoms with Crippen molar-refractivity contribution in [3.05, 3.63) is 51.9 Å². The van der Waals surface area contributed by atoms with E-state index in [-0.39, 0.29) is 36.7 Å². The van der Waals surface area contributed by atoms with Gasteiger partial charge in [0, 0.05) is 43.2 Å². The molecule has 0 spiro atoms. The molecule has 2 amide bonds. The maximum absolute atomic E-state index is 13.0. The number of carbonyl (C=O) groups excluding carboxylic acids is 2. The molecule has 1 aliphatic carbocycles. The Balaban J connectivity index is 1.49. The molecule has 2 aliphatic rings. The van der Waals surface area contributed by atoms with Gasteiger partial charge in [-0.15, -0.1) is 0 Å². The minimum atomic E-state index is -0.352. The Kier molecular flexibility index (Phi) is 6.38. The first-order valence-electron chi connectivity index (χ1n) is 10.5. The van der Waals surface area contributed by atoms with E-state index in [4.69, 9.17) is 21.4 Å². The summed E-state index contributed by atoms with van der Waals surface area (Å²) >= 11 is 6.37. The molecule has 2 aromatic heterocycles. The average Bonchev–Trinajstić information content (AvgIpc) is 3.54. The fourth-order valence-corrected chi connectivity index (χ4v) is 3.79. The fraction of sp³-hybridized carbons (Fsp3) is 0.455. The number of aliphatic hydroxyl groups excluding tert-OH is 1. The molecule has 0 aromatic carbocycles. The van der Waals surface area contributed by atoms with Crippen LogP contribution in [0.1, 0.15) is 64.2 Å². The van der Waals surface area contributed by atoms with Crippen molar-refractivity contribution in [3.63, 3.8) is 0 Å². The van der Waals surface area contributed by atoms with Crippen molar-refractivity contribution in [1.29, 1.82) is 0 Å². The van der Waals surface area contributed by atoms with Crippen LogP contribution in [0.5, 0.6) is 5.88 Å². The van der Waals surface area contributed by atoms with Crippen molar-refractivity contribution in [2.75, 3.05) is 19.8 Å². The first kappa shape index (κ1) is 21.5. The van der Waals surface area contributed by atoms with E-state index in [1.807, 2.05) is 6.92 Å². The Bertz CT molecular complexity index is 995. The van der Waals surface area contributed by atoms with Gasteiger partial charge in [0.15, 0.2) is 0 Å². The highest BCUT2D eigenvalue weighted by atomic mass is 35.5. The lowest BCUT2D eigenvalue weighted by atomic mass is 10.1. The van der Waals surface area contributed by atoms with Crippen LogP contribution < -0.4 is 10.1 Å². The van der Waals surface area contributed by atoms with Crippen LogP contribution in [0, 0.1) is 5.92 Å². The third kappa shape index (κ3) is 4.65. The van der Waals surface area contributed by atoms with Gasteiger partial charge in [-0.25, -0.2) is 4.98 Å². The standard InChI is InChI=1S/C22H25ClN4O4/c1-13(15-9-18(23)21(26-10-15)31-12-14-3-4-14)27-11-17-16(22(27)30)5-7-24-19(17)20(29)25-6-2-8-28/h5,7,9-10,13-14,28H,2-4,6,8,11-12H2,1H3,(H,25,29). The second-order valence-electron chi connectivity index (χ2n) is 7.94. The van der Waals surface area contributed by atoms with E-state index >= 15 is 0 Å². The van der Waals surface area contributed by atoms with E-state index in [1.165, 1.54) is 19.0 Å². The Morgan fingerprint density at radius 3 is 2.94 bits per heavy atom. The van der Waals surface area contributed by atoms with E-state index < -0.39 is 0 Å². The fourth-order valence-electron chi connectivity index (χ4n) is 3.56. The zero-order chi connectivity index (χ0) is 22.0. The summed E-state index contributed by atoms with van der Waals surface area (Å²) in [7, 11) is 0. The summed E-state index contributed by atoms with van der Waals surface area (Å²) in [5, 5.41) is 12.0. The first-order chi connectivity index (χ1) is 15.0. The van der Waals surface area contributed by atoms with Gasteiger partial charge in [-0.3, -0.25) is 14.6 Å². The van der Waals surface area contributed by atoms with Crippen LogP contribution in [-0.2, 0) is 6.54 Å². The maximum Gasteiger partial charge on any atom is 0.270 e. The van der Waals surface area contributed by atoms with Gasteiger partial charge in [-0.05, 0) is 49.8 Å². The summed E-state index contributed by atoms with van der Waals surface area (Å²) in [5.41, 5.74) is 2.09. The molecule has 9 heteroatoms. The van der Waals surface area contributed by atoms with Gasteiger partial charge in [0.1, 0.15) is 10.7 Å². The monoisotopic (exact) mass is 444 g/mol. The number of fused-ring (bicyclic) bond motifs is 1. The highest BCUT2D eigenvalue weighted by molar-refractivity contribution is 6.31. The van der Waals surface area contributed by atoms with Gasteiger partial charge < -0.3 is 20.1 Å². The number of hydrogen-bond acceptors (Lipinski definition) is 6. The molecule has 1 unspecified atom stereocenters. The summed E-state index contributed by atoms with van der Waals surface area (Å²) in [6.07, 6.45) is 5.96. The van der Waals surface area contributed by atoms with Crippen LogP contribution in [0.3, 0.4) is 0 Å². The van der Waals surface area contributed by atoms with Gasteiger partial charge in [0.25, 0.3) is 11.8 Å². The summed E-state index contributed by atoms with van der Waals surface area (Å²) in [6.45, 7) is 3.12. The van der Waals surface area contributed by atoms with E-state index in [0.29, 0.717) is 47.5 Å². The lowest BCUT2D eigenvalue weighted by Crippen LogP contribution is -2.28. The molecule has 0 bridgehead atoms. The Hall–Kier alpha value is -2.71. The molecule has 1 saturated carbocycles. The molecular formula is C22H25ClN4O4. The number of hydrogen-bond donors (Lipinski definition) is 2. The number of carbonyl (C=O) groups is 2. The third-order valence-electron chi connectivity index (χ3n) is 5.64. The molecule has 1 aliphatic heterocycles. The normalized spacial score (nSPS) is 16.2. The van der Waals surface area contributed by atoms with E-state index in [2.05, 4.69) is 15.3 Å². The minimum Gasteiger partial charge on any atom is -0.476 e. The number of aliphatic hydroxyl groups is 1. The molecule has 2 aromatic rings. The Labute approximate surface area is 185 Å². The quantitative estimate of drug-likeness (QED) is 0.576. The molecule has 1 atom stereocenters. The number of amides is 2. The van der Waals surface area contributed by atoms with Crippen molar-refractivity contribution >= 4 is 23.4 Å². The number of ether oxygens (including phenoxy) is 1. The van der Waals surface area contributed by atoms with Crippen LogP contribution >= 0.6 is 11.6 Å². The van der Waals surface area contributed by atoms with E-state index in [9.17, 15) is 9.59 Å². The highest BCUT2D eigenvalue weighted by Crippen LogP contribution is 2.35. The SMILES string of the molecule is CC(c1cnc(OCC2CC2)c(Cl)c1)N1Cc2c(ccnc2C(=O)NCCCO)C1=O. The van der Waals surface area contributed by atoms with Crippen LogP contribution in [0.2, 0.25) is 5.02 Å². The average molecular weight is 445 g/mol. The Morgan fingerprint density at radius 2 is 2.23 bits per heavy atom.